The maximum atomic E-state index is 5.23. The first-order valence-electron chi connectivity index (χ1n) is 5.81. The SMILES string of the molecule is COc1ccc2c(c1)nc1n2CC[C@@H](C)C1. The number of hydrogen-bond donors (Lipinski definition) is 0. The lowest BCUT2D eigenvalue weighted by atomic mass is 10.0. The highest BCUT2D eigenvalue weighted by molar-refractivity contribution is 5.78. The van der Waals surface area contributed by atoms with Crippen molar-refractivity contribution in [1.29, 1.82) is 0 Å². The largest absolute Gasteiger partial charge is 0.497 e. The molecular formula is C13H16N2O. The molecule has 0 saturated carbocycles. The van der Waals surface area contributed by atoms with Crippen molar-refractivity contribution in [2.24, 2.45) is 5.92 Å². The summed E-state index contributed by atoms with van der Waals surface area (Å²) in [5.74, 6) is 2.87. The molecule has 1 atom stereocenters. The number of fused-ring (bicyclic) bond motifs is 3. The molecule has 0 fully saturated rings. The molecule has 3 heteroatoms. The van der Waals surface area contributed by atoms with Gasteiger partial charge in [-0.05, 0) is 24.5 Å². The maximum absolute atomic E-state index is 5.23. The predicted octanol–water partition coefficient (Wildman–Crippen LogP) is 2.63. The van der Waals surface area contributed by atoms with Crippen LogP contribution in [0.3, 0.4) is 0 Å². The molecule has 0 aliphatic carbocycles. The van der Waals surface area contributed by atoms with Crippen LogP contribution in [0.2, 0.25) is 0 Å². The minimum absolute atomic E-state index is 0.756. The number of benzene rings is 1. The molecule has 0 N–H and O–H groups in total. The van der Waals surface area contributed by atoms with Crippen LogP contribution in [-0.2, 0) is 13.0 Å². The Bertz CT molecular complexity index is 530. The molecule has 1 aliphatic heterocycles. The minimum Gasteiger partial charge on any atom is -0.497 e. The van der Waals surface area contributed by atoms with Crippen LogP contribution in [0.15, 0.2) is 18.2 Å². The molecule has 84 valence electrons. The molecule has 0 saturated heterocycles. The van der Waals surface area contributed by atoms with Crippen molar-refractivity contribution in [3.63, 3.8) is 0 Å². The lowest BCUT2D eigenvalue weighted by Gasteiger charge is -2.19. The average Bonchev–Trinajstić information content (AvgIpc) is 2.64. The maximum Gasteiger partial charge on any atom is 0.121 e. The zero-order valence-corrected chi connectivity index (χ0v) is 9.73. The Morgan fingerprint density at radius 3 is 3.12 bits per heavy atom. The summed E-state index contributed by atoms with van der Waals surface area (Å²) in [5.41, 5.74) is 2.30. The molecule has 0 amide bonds. The normalized spacial score (nSPS) is 19.8. The van der Waals surface area contributed by atoms with E-state index in [0.29, 0.717) is 0 Å². The van der Waals surface area contributed by atoms with E-state index in [-0.39, 0.29) is 0 Å². The van der Waals surface area contributed by atoms with Crippen LogP contribution in [0.5, 0.6) is 5.75 Å². The summed E-state index contributed by atoms with van der Waals surface area (Å²) in [5, 5.41) is 0. The molecule has 3 rings (SSSR count). The van der Waals surface area contributed by atoms with E-state index in [1.165, 1.54) is 17.8 Å². The summed E-state index contributed by atoms with van der Waals surface area (Å²) in [6.07, 6.45) is 2.35. The minimum atomic E-state index is 0.756. The van der Waals surface area contributed by atoms with Gasteiger partial charge in [-0.3, -0.25) is 0 Å². The van der Waals surface area contributed by atoms with Gasteiger partial charge >= 0.3 is 0 Å². The number of nitrogens with zero attached hydrogens (tertiary/aromatic N) is 2. The number of rotatable bonds is 1. The molecule has 3 nitrogen and oxygen atoms in total. The van der Waals surface area contributed by atoms with Gasteiger partial charge in [0, 0.05) is 19.0 Å². The number of imidazole rings is 1. The Hall–Kier alpha value is -1.51. The summed E-state index contributed by atoms with van der Waals surface area (Å²) >= 11 is 0. The van der Waals surface area contributed by atoms with E-state index in [4.69, 9.17) is 9.72 Å². The molecule has 0 spiro atoms. The van der Waals surface area contributed by atoms with Crippen LogP contribution in [0, 0.1) is 5.92 Å². The van der Waals surface area contributed by atoms with Gasteiger partial charge in [0.1, 0.15) is 11.6 Å². The molecule has 2 heterocycles. The second-order valence-electron chi connectivity index (χ2n) is 4.63. The highest BCUT2D eigenvalue weighted by atomic mass is 16.5. The molecule has 16 heavy (non-hydrogen) atoms. The van der Waals surface area contributed by atoms with E-state index in [2.05, 4.69) is 17.6 Å². The monoisotopic (exact) mass is 216 g/mol. The van der Waals surface area contributed by atoms with Gasteiger partial charge in [0.25, 0.3) is 0 Å². The number of methoxy groups -OCH3 is 1. The standard InChI is InChI=1S/C13H16N2O/c1-9-5-6-15-12-4-3-10(16-2)8-11(12)14-13(15)7-9/h3-4,8-9H,5-7H2,1-2H3/t9-/m1/s1. The highest BCUT2D eigenvalue weighted by Crippen LogP contribution is 2.27. The number of hydrogen-bond acceptors (Lipinski definition) is 2. The van der Waals surface area contributed by atoms with E-state index in [1.807, 2.05) is 12.1 Å². The van der Waals surface area contributed by atoms with Crippen molar-refractivity contribution in [3.8, 4) is 5.75 Å². The van der Waals surface area contributed by atoms with Crippen molar-refractivity contribution >= 4 is 11.0 Å². The van der Waals surface area contributed by atoms with Crippen molar-refractivity contribution < 1.29 is 4.74 Å². The van der Waals surface area contributed by atoms with Crippen LogP contribution < -0.4 is 4.74 Å². The van der Waals surface area contributed by atoms with E-state index < -0.39 is 0 Å². The third kappa shape index (κ3) is 1.39. The van der Waals surface area contributed by atoms with Crippen LogP contribution in [0.25, 0.3) is 11.0 Å². The van der Waals surface area contributed by atoms with Gasteiger partial charge in [0.15, 0.2) is 0 Å². The molecular weight excluding hydrogens is 200 g/mol. The van der Waals surface area contributed by atoms with E-state index in [1.54, 1.807) is 7.11 Å². The summed E-state index contributed by atoms with van der Waals surface area (Å²) < 4.78 is 7.57. The molecule has 0 radical (unpaired) electrons. The second-order valence-corrected chi connectivity index (χ2v) is 4.63. The predicted molar refractivity (Wildman–Crippen MR) is 63.8 cm³/mol. The first-order valence-corrected chi connectivity index (χ1v) is 5.81. The summed E-state index contributed by atoms with van der Waals surface area (Å²) in [7, 11) is 1.69. The number of aryl methyl sites for hydroxylation is 1. The van der Waals surface area contributed by atoms with Gasteiger partial charge in [0.05, 0.1) is 18.1 Å². The number of aromatic nitrogens is 2. The van der Waals surface area contributed by atoms with Crippen molar-refractivity contribution in [1.82, 2.24) is 9.55 Å². The third-order valence-electron chi connectivity index (χ3n) is 3.41. The van der Waals surface area contributed by atoms with E-state index in [0.717, 1.165) is 30.1 Å². The molecule has 0 unspecified atom stereocenters. The lowest BCUT2D eigenvalue weighted by Crippen LogP contribution is -2.17. The van der Waals surface area contributed by atoms with Crippen molar-refractivity contribution in [2.45, 2.75) is 26.3 Å². The summed E-state index contributed by atoms with van der Waals surface area (Å²) in [6, 6.07) is 6.14. The average molecular weight is 216 g/mol. The first-order chi connectivity index (χ1) is 7.78. The Kier molecular flexibility index (Phi) is 2.13. The molecule has 2 aromatic rings. The fourth-order valence-electron chi connectivity index (χ4n) is 2.46. The van der Waals surface area contributed by atoms with Gasteiger partial charge in [-0.2, -0.15) is 0 Å². The quantitative estimate of drug-likeness (QED) is 0.732. The van der Waals surface area contributed by atoms with Gasteiger partial charge in [-0.15, -0.1) is 0 Å². The van der Waals surface area contributed by atoms with Gasteiger partial charge in [0.2, 0.25) is 0 Å². The van der Waals surface area contributed by atoms with Crippen LogP contribution >= 0.6 is 0 Å². The van der Waals surface area contributed by atoms with Crippen molar-refractivity contribution in [2.75, 3.05) is 7.11 Å². The van der Waals surface area contributed by atoms with Gasteiger partial charge in [-0.1, -0.05) is 6.92 Å². The second kappa shape index (κ2) is 3.51. The zero-order chi connectivity index (χ0) is 11.1. The van der Waals surface area contributed by atoms with E-state index >= 15 is 0 Å². The van der Waals surface area contributed by atoms with Crippen LogP contribution in [0.4, 0.5) is 0 Å². The third-order valence-corrected chi connectivity index (χ3v) is 3.41. The van der Waals surface area contributed by atoms with Crippen molar-refractivity contribution in [3.05, 3.63) is 24.0 Å². The van der Waals surface area contributed by atoms with Crippen LogP contribution in [-0.4, -0.2) is 16.7 Å². The summed E-state index contributed by atoms with van der Waals surface area (Å²) in [4.78, 5) is 4.70. The Labute approximate surface area is 95.0 Å². The number of ether oxygens (including phenoxy) is 1. The topological polar surface area (TPSA) is 27.1 Å². The molecule has 1 aromatic heterocycles. The highest BCUT2D eigenvalue weighted by Gasteiger charge is 2.18. The molecule has 1 aromatic carbocycles. The Morgan fingerprint density at radius 2 is 2.31 bits per heavy atom. The lowest BCUT2D eigenvalue weighted by molar-refractivity contribution is 0.414. The smallest absolute Gasteiger partial charge is 0.121 e. The zero-order valence-electron chi connectivity index (χ0n) is 9.73. The fourth-order valence-corrected chi connectivity index (χ4v) is 2.46. The molecule has 1 aliphatic rings. The van der Waals surface area contributed by atoms with Crippen LogP contribution in [0.1, 0.15) is 19.2 Å². The molecule has 0 bridgehead atoms. The Morgan fingerprint density at radius 1 is 1.44 bits per heavy atom. The van der Waals surface area contributed by atoms with Gasteiger partial charge in [-0.25, -0.2) is 4.98 Å². The van der Waals surface area contributed by atoms with Gasteiger partial charge < -0.3 is 9.30 Å². The fraction of sp³-hybridized carbons (Fsp3) is 0.462. The van der Waals surface area contributed by atoms with E-state index in [9.17, 15) is 0 Å². The summed E-state index contributed by atoms with van der Waals surface area (Å²) in [6.45, 7) is 3.39. The Balaban J connectivity index is 2.16. The first kappa shape index (κ1) is 9.70.